The quantitative estimate of drug-likeness (QED) is 0.275. The lowest BCUT2D eigenvalue weighted by atomic mass is 9.98. The Morgan fingerprint density at radius 2 is 1.40 bits per heavy atom. The number of hydrogen-bond acceptors (Lipinski definition) is 4. The van der Waals surface area contributed by atoms with Crippen molar-refractivity contribution in [1.29, 1.82) is 0 Å². The van der Waals surface area contributed by atoms with E-state index in [1.165, 1.54) is 0 Å². The molecule has 0 bridgehead atoms. The van der Waals surface area contributed by atoms with E-state index in [0.29, 0.717) is 36.2 Å². The molecule has 1 N–H and O–H groups in total. The molecule has 7 heteroatoms. The molecule has 2 aliphatic heterocycles. The molecule has 0 aliphatic carbocycles. The number of carbonyl (C=O) groups excluding carboxylic acids is 3. The summed E-state index contributed by atoms with van der Waals surface area (Å²) in [5, 5.41) is 2.99. The van der Waals surface area contributed by atoms with Crippen molar-refractivity contribution >= 4 is 34.7 Å². The number of carbonyl (C=O) groups is 3. The third kappa shape index (κ3) is 6.74. The van der Waals surface area contributed by atoms with Crippen LogP contribution in [0.2, 0.25) is 0 Å². The number of hydrogen-bond donors (Lipinski definition) is 1. The van der Waals surface area contributed by atoms with E-state index in [1.54, 1.807) is 29.2 Å². The van der Waals surface area contributed by atoms with Gasteiger partial charge in [0.15, 0.2) is 0 Å². The highest BCUT2D eigenvalue weighted by atomic mass is 16.2. The van der Waals surface area contributed by atoms with Gasteiger partial charge < -0.3 is 20.0 Å². The lowest BCUT2D eigenvalue weighted by molar-refractivity contribution is -0.131. The average Bonchev–Trinajstić information content (AvgIpc) is 3.25. The van der Waals surface area contributed by atoms with Gasteiger partial charge in [-0.15, -0.1) is 0 Å². The summed E-state index contributed by atoms with van der Waals surface area (Å²) in [6.45, 7) is 5.79. The fourth-order valence-corrected chi connectivity index (χ4v) is 6.00. The molecule has 2 heterocycles. The van der Waals surface area contributed by atoms with Crippen LogP contribution in [0.25, 0.3) is 16.7 Å². The first-order valence-electron chi connectivity index (χ1n) is 15.5. The maximum atomic E-state index is 13.8. The molecule has 1 fully saturated rings. The van der Waals surface area contributed by atoms with Crippen molar-refractivity contribution in [2.24, 2.45) is 0 Å². The summed E-state index contributed by atoms with van der Waals surface area (Å²) in [5.74, 6) is -0.204. The van der Waals surface area contributed by atoms with Crippen LogP contribution >= 0.6 is 0 Å². The molecule has 0 atom stereocenters. The number of amides is 3. The Balaban J connectivity index is 1.16. The average molecular weight is 599 g/mol. The van der Waals surface area contributed by atoms with Crippen LogP contribution in [0, 0.1) is 6.92 Å². The predicted octanol–water partition coefficient (Wildman–Crippen LogP) is 6.51. The lowest BCUT2D eigenvalue weighted by Gasteiger charge is -2.32. The normalized spacial score (nSPS) is 15.1. The Morgan fingerprint density at radius 1 is 0.733 bits per heavy atom. The smallest absolute Gasteiger partial charge is 0.258 e. The minimum Gasteiger partial charge on any atom is -0.340 e. The third-order valence-corrected chi connectivity index (χ3v) is 8.65. The van der Waals surface area contributed by atoms with Crippen LogP contribution in [0.15, 0.2) is 103 Å². The highest BCUT2D eigenvalue weighted by Crippen LogP contribution is 2.34. The highest BCUT2D eigenvalue weighted by molar-refractivity contribution is 6.10. The van der Waals surface area contributed by atoms with Crippen LogP contribution in [0.5, 0.6) is 0 Å². The Morgan fingerprint density at radius 3 is 2.13 bits per heavy atom. The van der Waals surface area contributed by atoms with E-state index in [0.717, 1.165) is 59.7 Å². The number of aryl methyl sites for hydroxylation is 1. The van der Waals surface area contributed by atoms with Gasteiger partial charge in [0.25, 0.3) is 11.8 Å². The molecule has 4 aromatic carbocycles. The summed E-state index contributed by atoms with van der Waals surface area (Å²) < 4.78 is 0. The van der Waals surface area contributed by atoms with Crippen LogP contribution < -0.4 is 10.2 Å². The summed E-state index contributed by atoms with van der Waals surface area (Å²) in [4.78, 5) is 46.3. The fraction of sp³-hybridized carbons (Fsp3) is 0.237. The molecule has 0 spiro atoms. The van der Waals surface area contributed by atoms with Gasteiger partial charge in [-0.3, -0.25) is 14.4 Å². The van der Waals surface area contributed by atoms with Crippen molar-refractivity contribution in [2.75, 3.05) is 50.0 Å². The van der Waals surface area contributed by atoms with Gasteiger partial charge in [-0.25, -0.2) is 0 Å². The SMILES string of the molecule is Cc1ccc(-c2ccccc2C(=O)Nc2ccc(C(=O)N3CCC=C(CC(=O)N4CCN(C)CC4)c4ccccc43)cc2)cc1. The highest BCUT2D eigenvalue weighted by Gasteiger charge is 2.26. The lowest BCUT2D eigenvalue weighted by Crippen LogP contribution is -2.47. The van der Waals surface area contributed by atoms with Gasteiger partial charge in [-0.1, -0.05) is 72.3 Å². The molecule has 4 aromatic rings. The minimum absolute atomic E-state index is 0.120. The van der Waals surface area contributed by atoms with Crippen molar-refractivity contribution in [3.63, 3.8) is 0 Å². The first kappa shape index (κ1) is 30.0. The zero-order valence-corrected chi connectivity index (χ0v) is 25.8. The van der Waals surface area contributed by atoms with E-state index >= 15 is 0 Å². The number of rotatable bonds is 6. The third-order valence-electron chi connectivity index (χ3n) is 8.65. The summed E-state index contributed by atoms with van der Waals surface area (Å²) in [6, 6.07) is 30.5. The number of para-hydroxylation sites is 1. The van der Waals surface area contributed by atoms with Gasteiger partial charge in [0, 0.05) is 55.1 Å². The Labute approximate surface area is 264 Å². The zero-order chi connectivity index (χ0) is 31.3. The van der Waals surface area contributed by atoms with Crippen LogP contribution in [-0.2, 0) is 4.79 Å². The second-order valence-electron chi connectivity index (χ2n) is 11.8. The van der Waals surface area contributed by atoms with Gasteiger partial charge in [-0.2, -0.15) is 0 Å². The largest absolute Gasteiger partial charge is 0.340 e. The molecular formula is C38H38N4O3. The summed E-state index contributed by atoms with van der Waals surface area (Å²) in [7, 11) is 2.08. The van der Waals surface area contributed by atoms with Crippen molar-refractivity contribution in [1.82, 2.24) is 9.80 Å². The molecule has 0 aromatic heterocycles. The molecule has 45 heavy (non-hydrogen) atoms. The number of fused-ring (bicyclic) bond motifs is 1. The molecule has 7 nitrogen and oxygen atoms in total. The Kier molecular flexibility index (Phi) is 8.89. The van der Waals surface area contributed by atoms with Gasteiger partial charge in [0.05, 0.1) is 12.1 Å². The van der Waals surface area contributed by atoms with E-state index in [2.05, 4.69) is 23.3 Å². The molecule has 0 radical (unpaired) electrons. The molecule has 228 valence electrons. The van der Waals surface area contributed by atoms with Crippen molar-refractivity contribution in [3.05, 3.63) is 125 Å². The molecule has 6 rings (SSSR count). The van der Waals surface area contributed by atoms with E-state index < -0.39 is 0 Å². The maximum Gasteiger partial charge on any atom is 0.258 e. The molecule has 0 saturated carbocycles. The molecule has 1 saturated heterocycles. The van der Waals surface area contributed by atoms with Gasteiger partial charge in [0.2, 0.25) is 5.91 Å². The topological polar surface area (TPSA) is 73.0 Å². The number of piperazine rings is 1. The number of anilines is 2. The van der Waals surface area contributed by atoms with E-state index in [-0.39, 0.29) is 17.7 Å². The number of likely N-dealkylation sites (N-methyl/N-ethyl adjacent to an activating group) is 1. The number of nitrogens with zero attached hydrogens (tertiary/aromatic N) is 3. The van der Waals surface area contributed by atoms with Gasteiger partial charge >= 0.3 is 0 Å². The van der Waals surface area contributed by atoms with Crippen LogP contribution in [-0.4, -0.2) is 67.3 Å². The molecule has 3 amide bonds. The van der Waals surface area contributed by atoms with Crippen molar-refractivity contribution in [3.8, 4) is 11.1 Å². The standard InChI is InChI=1S/C38H38N4O3/c1-27-13-15-28(16-14-27)32-9-3-4-11-34(32)37(44)39-31-19-17-29(18-20-31)38(45)42-21-7-8-30(33-10-5-6-12-35(33)42)26-36(43)41-24-22-40(2)23-25-41/h3-6,8-20H,7,21-26H2,1-2H3,(H,39,44). The minimum atomic E-state index is -0.212. The second-order valence-corrected chi connectivity index (χ2v) is 11.8. The maximum absolute atomic E-state index is 13.8. The summed E-state index contributed by atoms with van der Waals surface area (Å²) in [6.07, 6.45) is 3.08. The predicted molar refractivity (Wildman–Crippen MR) is 180 cm³/mol. The first-order chi connectivity index (χ1) is 21.9. The fourth-order valence-electron chi connectivity index (χ4n) is 6.00. The summed E-state index contributed by atoms with van der Waals surface area (Å²) in [5.41, 5.74) is 7.41. The summed E-state index contributed by atoms with van der Waals surface area (Å²) >= 11 is 0. The van der Waals surface area contributed by atoms with Gasteiger partial charge in [0.1, 0.15) is 0 Å². The molecule has 0 unspecified atom stereocenters. The van der Waals surface area contributed by atoms with Crippen molar-refractivity contribution < 1.29 is 14.4 Å². The van der Waals surface area contributed by atoms with Crippen LogP contribution in [0.4, 0.5) is 11.4 Å². The van der Waals surface area contributed by atoms with Gasteiger partial charge in [-0.05, 0) is 73.5 Å². The van der Waals surface area contributed by atoms with Crippen LogP contribution in [0.3, 0.4) is 0 Å². The Bertz CT molecular complexity index is 1740. The Hall–Kier alpha value is -5.01. The monoisotopic (exact) mass is 598 g/mol. The number of benzene rings is 4. The second kappa shape index (κ2) is 13.3. The first-order valence-corrected chi connectivity index (χ1v) is 15.5. The van der Waals surface area contributed by atoms with E-state index in [4.69, 9.17) is 0 Å². The van der Waals surface area contributed by atoms with E-state index in [9.17, 15) is 14.4 Å². The van der Waals surface area contributed by atoms with E-state index in [1.807, 2.05) is 84.6 Å². The molecule has 2 aliphatic rings. The molecular weight excluding hydrogens is 560 g/mol. The van der Waals surface area contributed by atoms with Crippen molar-refractivity contribution in [2.45, 2.75) is 19.8 Å². The number of nitrogens with one attached hydrogen (secondary N) is 1. The zero-order valence-electron chi connectivity index (χ0n) is 25.8. The van der Waals surface area contributed by atoms with Crippen LogP contribution in [0.1, 0.15) is 44.7 Å².